The summed E-state index contributed by atoms with van der Waals surface area (Å²) in [6, 6.07) is 21.6. The summed E-state index contributed by atoms with van der Waals surface area (Å²) < 4.78 is 6.60. The van der Waals surface area contributed by atoms with E-state index in [-0.39, 0.29) is 5.41 Å². The maximum atomic E-state index is 6.60. The molecule has 3 heteroatoms. The van der Waals surface area contributed by atoms with Crippen molar-refractivity contribution < 1.29 is 4.42 Å². The number of aromatic nitrogens is 2. The number of benzene rings is 2. The first-order valence-electron chi connectivity index (χ1n) is 12.8. The van der Waals surface area contributed by atoms with Gasteiger partial charge in [0.15, 0.2) is 0 Å². The molecule has 3 aromatic heterocycles. The average Bonchev–Trinajstić information content (AvgIpc) is 3.31. The van der Waals surface area contributed by atoms with E-state index in [1.807, 2.05) is 18.3 Å². The molecule has 0 amide bonds. The smallest absolute Gasteiger partial charge is 0.227 e. The van der Waals surface area contributed by atoms with E-state index < -0.39 is 0 Å². The number of fused-ring (bicyclic) bond motifs is 6. The maximum absolute atomic E-state index is 6.60. The molecule has 0 unspecified atom stereocenters. The summed E-state index contributed by atoms with van der Waals surface area (Å²) in [5, 5.41) is 2.18. The van der Waals surface area contributed by atoms with Crippen molar-refractivity contribution in [2.45, 2.75) is 52.9 Å². The summed E-state index contributed by atoms with van der Waals surface area (Å²) in [6.45, 7) is 11.4. The van der Waals surface area contributed by atoms with E-state index in [0.717, 1.165) is 51.7 Å². The predicted molar refractivity (Wildman–Crippen MR) is 145 cm³/mol. The van der Waals surface area contributed by atoms with Crippen LogP contribution in [-0.2, 0) is 5.41 Å². The molecule has 35 heavy (non-hydrogen) atoms. The number of rotatable bonds is 5. The molecule has 0 fully saturated rings. The van der Waals surface area contributed by atoms with E-state index in [1.165, 1.54) is 22.4 Å². The van der Waals surface area contributed by atoms with Crippen LogP contribution in [0.2, 0.25) is 0 Å². The second-order valence-electron chi connectivity index (χ2n) is 11.0. The third kappa shape index (κ3) is 3.32. The van der Waals surface area contributed by atoms with E-state index in [9.17, 15) is 0 Å². The van der Waals surface area contributed by atoms with Crippen molar-refractivity contribution in [3.05, 3.63) is 83.7 Å². The van der Waals surface area contributed by atoms with E-state index >= 15 is 0 Å². The largest absolute Gasteiger partial charge is 0.437 e. The van der Waals surface area contributed by atoms with Crippen molar-refractivity contribution in [3.8, 4) is 22.4 Å². The molecule has 0 spiro atoms. The minimum atomic E-state index is -0.0961. The maximum Gasteiger partial charge on any atom is 0.227 e. The van der Waals surface area contributed by atoms with Crippen LogP contribution in [0.5, 0.6) is 0 Å². The Labute approximate surface area is 207 Å². The first-order valence-corrected chi connectivity index (χ1v) is 12.8. The Morgan fingerprint density at radius 3 is 2.29 bits per heavy atom. The molecule has 0 aliphatic heterocycles. The molecule has 176 valence electrons. The highest BCUT2D eigenvalue weighted by molar-refractivity contribution is 6.10. The molecule has 3 heterocycles. The standard InChI is InChI=1S/C32H32N2O/c1-19(2)17-32(18-20(3)4)26-11-7-6-10-22(26)24-16-25-23-14-13-21(5)28(27-12-8-9-15-33-27)29(23)35-31(25)34-30(24)32/h6-16,19-20H,17-18H2,1-5H3. The van der Waals surface area contributed by atoms with Crippen LogP contribution in [0.15, 0.2) is 71.3 Å². The number of pyridine rings is 2. The molecule has 1 aliphatic carbocycles. The topological polar surface area (TPSA) is 38.9 Å². The zero-order chi connectivity index (χ0) is 24.3. The normalized spacial score (nSPS) is 14.3. The molecular formula is C32H32N2O. The molecule has 0 saturated carbocycles. The molecular weight excluding hydrogens is 428 g/mol. The summed E-state index contributed by atoms with van der Waals surface area (Å²) in [5.41, 5.74) is 9.84. The average molecular weight is 461 g/mol. The Morgan fingerprint density at radius 1 is 0.829 bits per heavy atom. The van der Waals surface area contributed by atoms with Gasteiger partial charge < -0.3 is 4.42 Å². The van der Waals surface area contributed by atoms with Crippen LogP contribution in [0, 0.1) is 18.8 Å². The Bertz CT molecular complexity index is 1550. The van der Waals surface area contributed by atoms with Gasteiger partial charge in [-0.15, -0.1) is 0 Å². The lowest BCUT2D eigenvalue weighted by Crippen LogP contribution is -2.30. The molecule has 0 radical (unpaired) electrons. The molecule has 6 rings (SSSR count). The van der Waals surface area contributed by atoms with E-state index in [4.69, 9.17) is 9.40 Å². The van der Waals surface area contributed by atoms with Gasteiger partial charge in [-0.3, -0.25) is 4.98 Å². The Morgan fingerprint density at radius 2 is 1.57 bits per heavy atom. The highest BCUT2D eigenvalue weighted by Crippen LogP contribution is 2.55. The second-order valence-corrected chi connectivity index (χ2v) is 11.0. The zero-order valence-corrected chi connectivity index (χ0v) is 21.2. The molecule has 0 saturated heterocycles. The third-order valence-electron chi connectivity index (χ3n) is 7.46. The summed E-state index contributed by atoms with van der Waals surface area (Å²) in [7, 11) is 0. The summed E-state index contributed by atoms with van der Waals surface area (Å²) in [6.07, 6.45) is 3.99. The Kier molecular flexibility index (Phi) is 5.07. The highest BCUT2D eigenvalue weighted by atomic mass is 16.3. The van der Waals surface area contributed by atoms with E-state index in [0.29, 0.717) is 11.8 Å². The van der Waals surface area contributed by atoms with Crippen LogP contribution in [-0.4, -0.2) is 9.97 Å². The molecule has 0 bridgehead atoms. The van der Waals surface area contributed by atoms with Crippen LogP contribution < -0.4 is 0 Å². The first-order chi connectivity index (χ1) is 16.9. The van der Waals surface area contributed by atoms with Gasteiger partial charge in [0.1, 0.15) is 5.58 Å². The van der Waals surface area contributed by atoms with Gasteiger partial charge in [0.25, 0.3) is 0 Å². The number of hydrogen-bond donors (Lipinski definition) is 0. The second kappa shape index (κ2) is 8.05. The molecule has 0 N–H and O–H groups in total. The van der Waals surface area contributed by atoms with Gasteiger partial charge in [-0.25, -0.2) is 4.98 Å². The number of nitrogens with zero attached hydrogens (tertiary/aromatic N) is 2. The lowest BCUT2D eigenvalue weighted by Gasteiger charge is -2.34. The lowest BCUT2D eigenvalue weighted by molar-refractivity contribution is 0.331. The van der Waals surface area contributed by atoms with Crippen molar-refractivity contribution >= 4 is 22.1 Å². The van der Waals surface area contributed by atoms with Crippen molar-refractivity contribution in [2.75, 3.05) is 0 Å². The molecule has 1 aliphatic rings. The third-order valence-corrected chi connectivity index (χ3v) is 7.46. The number of hydrogen-bond acceptors (Lipinski definition) is 3. The predicted octanol–water partition coefficient (Wildman–Crippen LogP) is 8.71. The van der Waals surface area contributed by atoms with Gasteiger partial charge in [0.2, 0.25) is 5.71 Å². The molecule has 5 aromatic rings. The van der Waals surface area contributed by atoms with Gasteiger partial charge in [0.05, 0.1) is 11.4 Å². The first kappa shape index (κ1) is 22.0. The molecule has 3 nitrogen and oxygen atoms in total. The van der Waals surface area contributed by atoms with Gasteiger partial charge in [0, 0.05) is 33.5 Å². The minimum absolute atomic E-state index is 0.0961. The monoisotopic (exact) mass is 460 g/mol. The SMILES string of the molecule is Cc1ccc2c(oc3nc4c(cc32)-c2ccccc2C4(CC(C)C)CC(C)C)c1-c1ccccn1. The van der Waals surface area contributed by atoms with Crippen molar-refractivity contribution in [1.29, 1.82) is 0 Å². The van der Waals surface area contributed by atoms with Crippen molar-refractivity contribution in [3.63, 3.8) is 0 Å². The van der Waals surface area contributed by atoms with Crippen LogP contribution in [0.25, 0.3) is 44.5 Å². The van der Waals surface area contributed by atoms with Crippen molar-refractivity contribution in [2.24, 2.45) is 11.8 Å². The fraction of sp³-hybridized carbons (Fsp3) is 0.312. The summed E-state index contributed by atoms with van der Waals surface area (Å²) in [4.78, 5) is 9.98. The Balaban J connectivity index is 1.68. The summed E-state index contributed by atoms with van der Waals surface area (Å²) in [5.74, 6) is 1.11. The van der Waals surface area contributed by atoms with E-state index in [1.54, 1.807) is 0 Å². The number of aryl methyl sites for hydroxylation is 1. The van der Waals surface area contributed by atoms with Crippen LogP contribution in [0.1, 0.15) is 57.4 Å². The van der Waals surface area contributed by atoms with E-state index in [2.05, 4.69) is 88.1 Å². The van der Waals surface area contributed by atoms with Crippen molar-refractivity contribution in [1.82, 2.24) is 9.97 Å². The molecule has 0 atom stereocenters. The fourth-order valence-corrected chi connectivity index (χ4v) is 6.42. The molecule has 2 aromatic carbocycles. The zero-order valence-electron chi connectivity index (χ0n) is 21.2. The van der Waals surface area contributed by atoms with Crippen LogP contribution >= 0.6 is 0 Å². The van der Waals surface area contributed by atoms with Gasteiger partial charge in [-0.1, -0.05) is 70.2 Å². The fourth-order valence-electron chi connectivity index (χ4n) is 6.42. The summed E-state index contributed by atoms with van der Waals surface area (Å²) >= 11 is 0. The number of furan rings is 1. The van der Waals surface area contributed by atoms with Gasteiger partial charge >= 0.3 is 0 Å². The lowest BCUT2D eigenvalue weighted by atomic mass is 9.69. The quantitative estimate of drug-likeness (QED) is 0.263. The van der Waals surface area contributed by atoms with Gasteiger partial charge in [-0.2, -0.15) is 0 Å². The van der Waals surface area contributed by atoms with Gasteiger partial charge in [-0.05, 0) is 66.5 Å². The highest BCUT2D eigenvalue weighted by Gasteiger charge is 2.45. The van der Waals surface area contributed by atoms with Crippen LogP contribution in [0.3, 0.4) is 0 Å². The Hall–Kier alpha value is -3.46. The van der Waals surface area contributed by atoms with Crippen LogP contribution in [0.4, 0.5) is 0 Å². The minimum Gasteiger partial charge on any atom is -0.437 e.